The minimum Gasteiger partial charge on any atom is -0.336 e. The Morgan fingerprint density at radius 3 is 2.84 bits per heavy atom. The molecule has 0 radical (unpaired) electrons. The van der Waals surface area contributed by atoms with Crippen molar-refractivity contribution >= 4 is 11.8 Å². The van der Waals surface area contributed by atoms with E-state index in [2.05, 4.69) is 17.3 Å². The lowest BCUT2D eigenvalue weighted by molar-refractivity contribution is 0.251. The Labute approximate surface area is 114 Å². The average molecular weight is 262 g/mol. The topological polar surface area (TPSA) is 50.2 Å². The Hall–Kier alpha value is -1.52. The van der Waals surface area contributed by atoms with Crippen molar-refractivity contribution in [1.29, 1.82) is 0 Å². The van der Waals surface area contributed by atoms with Gasteiger partial charge in [0.25, 0.3) is 0 Å². The molecule has 1 aliphatic heterocycles. The molecule has 5 heteroatoms. The monoisotopic (exact) mass is 262 g/mol. The molecule has 104 valence electrons. The number of carbonyl (C=O) groups is 1. The minimum atomic E-state index is -0.0308. The van der Waals surface area contributed by atoms with Gasteiger partial charge in [0.15, 0.2) is 5.82 Å². The molecule has 2 heterocycles. The van der Waals surface area contributed by atoms with Crippen molar-refractivity contribution in [2.24, 2.45) is 11.8 Å². The molecule has 0 aromatic carbocycles. The number of hydrogen-bond donors (Lipinski definition) is 1. The highest BCUT2D eigenvalue weighted by atomic mass is 16.2. The van der Waals surface area contributed by atoms with Crippen molar-refractivity contribution < 1.29 is 4.79 Å². The van der Waals surface area contributed by atoms with E-state index in [1.165, 1.54) is 25.7 Å². The van der Waals surface area contributed by atoms with Crippen molar-refractivity contribution in [2.75, 3.05) is 18.0 Å². The van der Waals surface area contributed by atoms with Crippen LogP contribution in [0.2, 0.25) is 0 Å². The van der Waals surface area contributed by atoms with Crippen LogP contribution in [0.15, 0.2) is 12.3 Å². The van der Waals surface area contributed by atoms with Crippen LogP contribution < -0.4 is 10.2 Å². The van der Waals surface area contributed by atoms with E-state index in [-0.39, 0.29) is 6.03 Å². The van der Waals surface area contributed by atoms with E-state index in [0.717, 1.165) is 30.7 Å². The summed E-state index contributed by atoms with van der Waals surface area (Å²) in [5, 5.41) is 7.34. The molecule has 1 aromatic heterocycles. The van der Waals surface area contributed by atoms with Gasteiger partial charge in [-0.2, -0.15) is 5.10 Å². The summed E-state index contributed by atoms with van der Waals surface area (Å²) < 4.78 is 2.00. The normalized spacial score (nSPS) is 27.6. The fraction of sp³-hybridized carbons (Fsp3) is 0.714. The van der Waals surface area contributed by atoms with Gasteiger partial charge in [-0.05, 0) is 24.7 Å². The molecule has 1 saturated carbocycles. The lowest BCUT2D eigenvalue weighted by atomic mass is 9.83. The first-order chi connectivity index (χ1) is 9.22. The zero-order chi connectivity index (χ0) is 13.2. The predicted molar refractivity (Wildman–Crippen MR) is 74.1 cm³/mol. The van der Waals surface area contributed by atoms with Gasteiger partial charge >= 0.3 is 6.03 Å². The van der Waals surface area contributed by atoms with Crippen LogP contribution in [-0.2, 0) is 6.54 Å². The molecule has 2 amide bonds. The Kier molecular flexibility index (Phi) is 3.44. The molecule has 2 aliphatic rings. The summed E-state index contributed by atoms with van der Waals surface area (Å²) >= 11 is 0. The van der Waals surface area contributed by atoms with Crippen molar-refractivity contribution in [2.45, 2.75) is 39.2 Å². The molecule has 3 rings (SSSR count). The molecule has 1 aromatic rings. The van der Waals surface area contributed by atoms with Crippen LogP contribution in [0.5, 0.6) is 0 Å². The molecule has 1 N–H and O–H groups in total. The first-order valence-corrected chi connectivity index (χ1v) is 7.31. The van der Waals surface area contributed by atoms with Crippen molar-refractivity contribution in [3.8, 4) is 0 Å². The zero-order valence-corrected chi connectivity index (χ0v) is 11.5. The fourth-order valence-electron chi connectivity index (χ4n) is 3.06. The third-order valence-electron chi connectivity index (χ3n) is 4.34. The van der Waals surface area contributed by atoms with E-state index < -0.39 is 0 Å². The molecule has 19 heavy (non-hydrogen) atoms. The number of anilines is 1. The number of nitrogens with one attached hydrogen (secondary N) is 1. The van der Waals surface area contributed by atoms with Crippen molar-refractivity contribution in [3.05, 3.63) is 12.3 Å². The number of hydrogen-bond acceptors (Lipinski definition) is 2. The van der Waals surface area contributed by atoms with Crippen LogP contribution in [0.4, 0.5) is 10.6 Å². The van der Waals surface area contributed by atoms with Crippen LogP contribution in [0, 0.1) is 11.8 Å². The number of rotatable bonds is 3. The lowest BCUT2D eigenvalue weighted by Gasteiger charge is -2.25. The Balaban J connectivity index is 1.60. The van der Waals surface area contributed by atoms with Crippen LogP contribution in [0.3, 0.4) is 0 Å². The van der Waals surface area contributed by atoms with E-state index >= 15 is 0 Å². The number of nitrogens with zero attached hydrogens (tertiary/aromatic N) is 3. The van der Waals surface area contributed by atoms with Crippen LogP contribution in [0.1, 0.15) is 32.6 Å². The smallest absolute Gasteiger partial charge is 0.323 e. The lowest BCUT2D eigenvalue weighted by Crippen LogP contribution is -2.28. The first kappa shape index (κ1) is 12.5. The second-order valence-corrected chi connectivity index (χ2v) is 5.91. The van der Waals surface area contributed by atoms with Gasteiger partial charge in [-0.1, -0.05) is 19.8 Å². The number of amides is 2. The van der Waals surface area contributed by atoms with Crippen molar-refractivity contribution in [1.82, 2.24) is 15.1 Å². The van der Waals surface area contributed by atoms with E-state index in [4.69, 9.17) is 0 Å². The summed E-state index contributed by atoms with van der Waals surface area (Å²) in [6.07, 6.45) is 7.29. The van der Waals surface area contributed by atoms with Gasteiger partial charge < -0.3 is 5.32 Å². The molecule has 2 fully saturated rings. The third kappa shape index (κ3) is 2.74. The quantitative estimate of drug-likeness (QED) is 0.908. The summed E-state index contributed by atoms with van der Waals surface area (Å²) in [6, 6.07) is 1.91. The number of carbonyl (C=O) groups excluding carboxylic acids is 1. The van der Waals surface area contributed by atoms with Crippen LogP contribution >= 0.6 is 0 Å². The first-order valence-electron chi connectivity index (χ1n) is 7.31. The molecular formula is C14H22N4O. The second kappa shape index (κ2) is 5.23. The van der Waals surface area contributed by atoms with Gasteiger partial charge in [-0.25, -0.2) is 4.79 Å². The molecule has 0 bridgehead atoms. The highest BCUT2D eigenvalue weighted by Gasteiger charge is 2.24. The molecule has 0 atom stereocenters. The standard InChI is InChI=1S/C14H22N4O/c1-11-2-4-12(5-3-11)10-17-8-6-13(16-17)18-9-7-15-14(18)19/h6,8,11-12H,2-5,7,9-10H2,1H3,(H,15,19). The van der Waals surface area contributed by atoms with E-state index in [1.54, 1.807) is 4.90 Å². The SMILES string of the molecule is CC1CCC(Cn2ccc(N3CCNC3=O)n2)CC1. The maximum Gasteiger partial charge on any atom is 0.323 e. The van der Waals surface area contributed by atoms with Gasteiger partial charge in [-0.3, -0.25) is 9.58 Å². The third-order valence-corrected chi connectivity index (χ3v) is 4.34. The molecular weight excluding hydrogens is 240 g/mol. The largest absolute Gasteiger partial charge is 0.336 e. The maximum absolute atomic E-state index is 11.6. The number of aromatic nitrogens is 2. The van der Waals surface area contributed by atoms with E-state index in [1.807, 2.05) is 16.9 Å². The zero-order valence-electron chi connectivity index (χ0n) is 11.5. The molecule has 0 spiro atoms. The Morgan fingerprint density at radius 2 is 2.16 bits per heavy atom. The summed E-state index contributed by atoms with van der Waals surface area (Å²) in [5.74, 6) is 2.41. The van der Waals surface area contributed by atoms with Crippen molar-refractivity contribution in [3.63, 3.8) is 0 Å². The van der Waals surface area contributed by atoms with Gasteiger partial charge in [0.1, 0.15) is 0 Å². The number of urea groups is 1. The molecule has 5 nitrogen and oxygen atoms in total. The summed E-state index contributed by atoms with van der Waals surface area (Å²) in [5.41, 5.74) is 0. The van der Waals surface area contributed by atoms with E-state index in [0.29, 0.717) is 6.54 Å². The van der Waals surface area contributed by atoms with E-state index in [9.17, 15) is 4.79 Å². The molecule has 1 saturated heterocycles. The minimum absolute atomic E-state index is 0.0308. The van der Waals surface area contributed by atoms with Gasteiger partial charge in [0, 0.05) is 31.9 Å². The van der Waals surface area contributed by atoms with Gasteiger partial charge in [0.2, 0.25) is 0 Å². The summed E-state index contributed by atoms with van der Waals surface area (Å²) in [6.45, 7) is 4.76. The Bertz CT molecular complexity index is 448. The van der Waals surface area contributed by atoms with Gasteiger partial charge in [-0.15, -0.1) is 0 Å². The molecule has 1 aliphatic carbocycles. The highest BCUT2D eigenvalue weighted by Crippen LogP contribution is 2.29. The van der Waals surface area contributed by atoms with Crippen LogP contribution in [0.25, 0.3) is 0 Å². The summed E-state index contributed by atoms with van der Waals surface area (Å²) in [4.78, 5) is 13.3. The van der Waals surface area contributed by atoms with Gasteiger partial charge in [0.05, 0.1) is 0 Å². The second-order valence-electron chi connectivity index (χ2n) is 5.91. The highest BCUT2D eigenvalue weighted by molar-refractivity contribution is 5.92. The average Bonchev–Trinajstić information content (AvgIpc) is 3.01. The molecule has 0 unspecified atom stereocenters. The Morgan fingerprint density at radius 1 is 1.37 bits per heavy atom. The summed E-state index contributed by atoms with van der Waals surface area (Å²) in [7, 11) is 0. The van der Waals surface area contributed by atoms with Crippen LogP contribution in [-0.4, -0.2) is 28.9 Å². The maximum atomic E-state index is 11.6. The predicted octanol–water partition coefficient (Wildman–Crippen LogP) is 2.24. The fourth-order valence-corrected chi connectivity index (χ4v) is 3.06.